The number of fused-ring (bicyclic) bond motifs is 1. The smallest absolute Gasteiger partial charge is 0.255 e. The molecule has 0 saturated carbocycles. The molecule has 1 fully saturated rings. The molecule has 1 aliphatic heterocycles. The summed E-state index contributed by atoms with van der Waals surface area (Å²) < 4.78 is 31.7. The molecule has 1 unspecified atom stereocenters. The first-order valence-corrected chi connectivity index (χ1v) is 12.3. The fourth-order valence-electron chi connectivity index (χ4n) is 4.29. The van der Waals surface area contributed by atoms with Crippen LogP contribution in [0, 0.1) is 11.3 Å². The molecular weight excluding hydrogens is 508 g/mol. The number of hydrogen-bond acceptors (Lipinski definition) is 8. The molecule has 0 spiro atoms. The van der Waals surface area contributed by atoms with Crippen LogP contribution in [0.4, 0.5) is 20.2 Å². The number of carbonyl (C=O) groups is 1. The highest BCUT2D eigenvalue weighted by Crippen LogP contribution is 2.28. The van der Waals surface area contributed by atoms with Crippen LogP contribution in [0.2, 0.25) is 0 Å². The third-order valence-electron chi connectivity index (χ3n) is 6.58. The van der Waals surface area contributed by atoms with Crippen molar-refractivity contribution in [3.63, 3.8) is 0 Å². The molecule has 39 heavy (non-hydrogen) atoms. The van der Waals surface area contributed by atoms with E-state index in [1.54, 1.807) is 35.0 Å². The monoisotopic (exact) mass is 535 g/mol. The fourth-order valence-corrected chi connectivity index (χ4v) is 4.29. The van der Waals surface area contributed by atoms with Gasteiger partial charge in [-0.3, -0.25) is 14.5 Å². The summed E-state index contributed by atoms with van der Waals surface area (Å²) in [6.45, 7) is 2.94. The molecule has 1 amide bonds. The van der Waals surface area contributed by atoms with E-state index >= 15 is 0 Å². The highest BCUT2D eigenvalue weighted by molar-refractivity contribution is 6.00. The van der Waals surface area contributed by atoms with Crippen LogP contribution >= 0.6 is 0 Å². The first-order valence-electron chi connectivity index (χ1n) is 12.3. The van der Waals surface area contributed by atoms with Crippen molar-refractivity contribution in [1.82, 2.24) is 35.0 Å². The number of rotatable bonds is 8. The van der Waals surface area contributed by atoms with Crippen LogP contribution in [-0.4, -0.2) is 73.0 Å². The summed E-state index contributed by atoms with van der Waals surface area (Å²) in [4.78, 5) is 17.5. The Kier molecular flexibility index (Phi) is 6.98. The van der Waals surface area contributed by atoms with Gasteiger partial charge in [0.25, 0.3) is 5.91 Å². The van der Waals surface area contributed by atoms with E-state index in [0.717, 1.165) is 0 Å². The van der Waals surface area contributed by atoms with Gasteiger partial charge in [0.05, 0.1) is 70.0 Å². The number of nitriles is 1. The molecule has 0 bridgehead atoms. The summed E-state index contributed by atoms with van der Waals surface area (Å²) in [6, 6.07) is 8.53. The van der Waals surface area contributed by atoms with E-state index in [1.807, 2.05) is 0 Å². The molecule has 5 rings (SSSR count). The average molecular weight is 536 g/mol. The number of halogens is 2. The molecule has 4 N–H and O–H groups in total. The highest BCUT2D eigenvalue weighted by atomic mass is 19.1. The summed E-state index contributed by atoms with van der Waals surface area (Å²) in [5, 5.41) is 36.3. The van der Waals surface area contributed by atoms with Crippen molar-refractivity contribution >= 4 is 22.8 Å². The fraction of sp³-hybridized carbons (Fsp3) is 0.346. The topological polar surface area (TPSA) is 145 Å². The summed E-state index contributed by atoms with van der Waals surface area (Å²) in [5.74, 6) is -0.600. The van der Waals surface area contributed by atoms with E-state index in [0.29, 0.717) is 40.4 Å². The molecule has 4 aromatic heterocycles. The molecular formula is C26H27F2N9O2. The molecule has 13 heteroatoms. The maximum Gasteiger partial charge on any atom is 0.255 e. The molecule has 11 nitrogen and oxygen atoms in total. The minimum Gasteiger partial charge on any atom is -0.387 e. The lowest BCUT2D eigenvalue weighted by Crippen LogP contribution is -2.42. The largest absolute Gasteiger partial charge is 0.387 e. The molecule has 5 heterocycles. The number of aromatic nitrogens is 5. The van der Waals surface area contributed by atoms with Gasteiger partial charge in [-0.15, -0.1) is 0 Å². The first kappa shape index (κ1) is 26.2. The minimum atomic E-state index is -1.69. The molecule has 1 saturated heterocycles. The summed E-state index contributed by atoms with van der Waals surface area (Å²) >= 11 is 0. The Morgan fingerprint density at radius 1 is 1.28 bits per heavy atom. The van der Waals surface area contributed by atoms with Gasteiger partial charge in [0, 0.05) is 25.5 Å². The number of aliphatic hydroxyl groups is 1. The van der Waals surface area contributed by atoms with E-state index in [4.69, 9.17) is 5.26 Å². The van der Waals surface area contributed by atoms with Crippen molar-refractivity contribution in [2.75, 3.05) is 25.0 Å². The second kappa shape index (κ2) is 10.4. The number of carbonyl (C=O) groups excluding carboxylic acids is 1. The van der Waals surface area contributed by atoms with E-state index in [2.05, 4.69) is 37.2 Å². The normalized spacial score (nSPS) is 18.2. The SMILES string of the molecule is CC(C)(O)[C@H](F)CNC(=O)c1cnc(-c2ccc3cc(C#N)cnn23)cc1Nc1cnn(C2CNC[C@@H]2F)c1. The number of nitrogens with one attached hydrogen (secondary N) is 3. The van der Waals surface area contributed by atoms with E-state index < -0.39 is 36.4 Å². The number of alkyl halides is 2. The van der Waals surface area contributed by atoms with Crippen molar-refractivity contribution in [1.29, 1.82) is 5.26 Å². The zero-order valence-electron chi connectivity index (χ0n) is 21.3. The second-order valence-electron chi connectivity index (χ2n) is 9.93. The molecule has 4 aromatic rings. The van der Waals surface area contributed by atoms with Gasteiger partial charge in [0.15, 0.2) is 0 Å². The van der Waals surface area contributed by atoms with Crippen molar-refractivity contribution in [3.8, 4) is 17.5 Å². The van der Waals surface area contributed by atoms with Gasteiger partial charge >= 0.3 is 0 Å². The maximum absolute atomic E-state index is 14.3. The predicted octanol–water partition coefficient (Wildman–Crippen LogP) is 2.53. The summed E-state index contributed by atoms with van der Waals surface area (Å²) in [6.07, 6.45) is 3.21. The lowest BCUT2D eigenvalue weighted by atomic mass is 10.0. The summed E-state index contributed by atoms with van der Waals surface area (Å²) in [5.41, 5.74) is 1.55. The van der Waals surface area contributed by atoms with Gasteiger partial charge in [-0.25, -0.2) is 13.3 Å². The van der Waals surface area contributed by atoms with Gasteiger partial charge < -0.3 is 21.1 Å². The van der Waals surface area contributed by atoms with Crippen molar-refractivity contribution in [3.05, 3.63) is 60.2 Å². The Morgan fingerprint density at radius 3 is 2.82 bits per heavy atom. The molecule has 202 valence electrons. The van der Waals surface area contributed by atoms with Crippen molar-refractivity contribution < 1.29 is 18.7 Å². The number of hydrogen-bond donors (Lipinski definition) is 4. The molecule has 0 aromatic carbocycles. The Bertz CT molecular complexity index is 1550. The zero-order valence-corrected chi connectivity index (χ0v) is 21.3. The third-order valence-corrected chi connectivity index (χ3v) is 6.58. The molecule has 3 atom stereocenters. The zero-order chi connectivity index (χ0) is 27.7. The average Bonchev–Trinajstić information content (AvgIpc) is 3.65. The van der Waals surface area contributed by atoms with Crippen LogP contribution in [0.25, 0.3) is 16.9 Å². The lowest BCUT2D eigenvalue weighted by molar-refractivity contribution is -0.00177. The number of nitrogens with zero attached hydrogens (tertiary/aromatic N) is 6. The number of amides is 1. The van der Waals surface area contributed by atoms with Crippen molar-refractivity contribution in [2.24, 2.45) is 0 Å². The van der Waals surface area contributed by atoms with E-state index in [9.17, 15) is 18.7 Å². The molecule has 1 aliphatic rings. The lowest BCUT2D eigenvalue weighted by Gasteiger charge is -2.22. The Balaban J connectivity index is 1.48. The van der Waals surface area contributed by atoms with Crippen molar-refractivity contribution in [2.45, 2.75) is 37.8 Å². The molecule has 0 radical (unpaired) electrons. The van der Waals surface area contributed by atoms with E-state index in [-0.39, 0.29) is 12.1 Å². The van der Waals surface area contributed by atoms with Crippen LogP contribution in [0.3, 0.4) is 0 Å². The standard InChI is InChI=1S/C26H27F2N9O2/c1-26(2,39)24(28)13-32-25(38)18-10-31-21(22-4-3-17-5-15(7-29)8-34-37(17)22)6-20(18)35-16-9-33-36(14-16)23-12-30-11-19(23)27/h3-6,8-10,14,19,23-24,30,39H,11-13H2,1-2H3,(H,31,35)(H,32,38)/t19-,23?,24+/m0/s1. The number of pyridine rings is 1. The van der Waals surface area contributed by atoms with Gasteiger partial charge in [0.2, 0.25) is 0 Å². The first-order chi connectivity index (χ1) is 18.6. The maximum atomic E-state index is 14.3. The Labute approximate surface area is 222 Å². The van der Waals surface area contributed by atoms with Crippen LogP contribution < -0.4 is 16.0 Å². The van der Waals surface area contributed by atoms with Gasteiger partial charge in [-0.1, -0.05) is 0 Å². The quantitative estimate of drug-likeness (QED) is 0.269. The number of anilines is 2. The second-order valence-corrected chi connectivity index (χ2v) is 9.93. The summed E-state index contributed by atoms with van der Waals surface area (Å²) in [7, 11) is 0. The minimum absolute atomic E-state index is 0.126. The van der Waals surface area contributed by atoms with E-state index in [1.165, 1.54) is 37.1 Å². The third kappa shape index (κ3) is 5.43. The molecule has 0 aliphatic carbocycles. The van der Waals surface area contributed by atoms with Crippen LogP contribution in [-0.2, 0) is 0 Å². The van der Waals surface area contributed by atoms with Gasteiger partial charge in [-0.2, -0.15) is 15.5 Å². The van der Waals surface area contributed by atoms with Crippen LogP contribution in [0.15, 0.2) is 49.1 Å². The highest BCUT2D eigenvalue weighted by Gasteiger charge is 2.29. The van der Waals surface area contributed by atoms with Gasteiger partial charge in [0.1, 0.15) is 18.4 Å². The Hall–Kier alpha value is -4.41. The predicted molar refractivity (Wildman–Crippen MR) is 139 cm³/mol. The van der Waals surface area contributed by atoms with Crippen LogP contribution in [0.1, 0.15) is 35.8 Å². The van der Waals surface area contributed by atoms with Gasteiger partial charge in [-0.05, 0) is 38.1 Å². The van der Waals surface area contributed by atoms with Crippen LogP contribution in [0.5, 0.6) is 0 Å². The Morgan fingerprint density at radius 2 is 2.10 bits per heavy atom.